The molecule has 8 heavy (non-hydrogen) atoms. The molecule has 0 saturated heterocycles. The van der Waals surface area contributed by atoms with Gasteiger partial charge in [-0.05, 0) is 6.92 Å². The molecule has 0 amide bonds. The van der Waals surface area contributed by atoms with E-state index in [-0.39, 0.29) is 6.67 Å². The monoisotopic (exact) mass is 117 g/mol. The van der Waals surface area contributed by atoms with Crippen molar-refractivity contribution in [3.63, 3.8) is 0 Å². The number of hydrogen-bond donors (Lipinski definition) is 1. The van der Waals surface area contributed by atoms with E-state index in [0.29, 0.717) is 6.54 Å². The van der Waals surface area contributed by atoms with Crippen molar-refractivity contribution in [3.8, 4) is 0 Å². The fourth-order valence-corrected chi connectivity index (χ4v) is 0.370. The molecule has 0 aromatic heterocycles. The van der Waals surface area contributed by atoms with E-state index in [9.17, 15) is 4.39 Å². The molecule has 0 rings (SSSR count). The molecule has 0 aliphatic rings. The smallest absolute Gasteiger partial charge is 0.102 e. The van der Waals surface area contributed by atoms with Gasteiger partial charge in [0.15, 0.2) is 0 Å². The van der Waals surface area contributed by atoms with Crippen molar-refractivity contribution in [3.05, 3.63) is 12.2 Å². The van der Waals surface area contributed by atoms with Crippen LogP contribution in [0, 0.1) is 0 Å². The number of alkyl halides is 1. The second kappa shape index (κ2) is 6.63. The molecule has 0 heterocycles. The average Bonchev–Trinajstić information content (AvgIpc) is 1.81. The molecule has 0 saturated carbocycles. The van der Waals surface area contributed by atoms with Crippen LogP contribution in [0.5, 0.6) is 0 Å². The minimum Gasteiger partial charge on any atom is -0.311 e. The maximum absolute atomic E-state index is 11.3. The summed E-state index contributed by atoms with van der Waals surface area (Å²) in [7, 11) is 0. The highest BCUT2D eigenvalue weighted by Crippen LogP contribution is 1.67. The van der Waals surface area contributed by atoms with Gasteiger partial charge in [-0.25, -0.2) is 4.39 Å². The highest BCUT2D eigenvalue weighted by molar-refractivity contribution is 4.78. The van der Waals surface area contributed by atoms with Crippen LogP contribution in [0.15, 0.2) is 12.2 Å². The first-order valence-corrected chi connectivity index (χ1v) is 2.79. The molecule has 0 unspecified atom stereocenters. The Morgan fingerprint density at radius 3 is 2.88 bits per heavy atom. The Hall–Kier alpha value is -0.370. The SMILES string of the molecule is C/C=C/CNCCF. The van der Waals surface area contributed by atoms with Crippen molar-refractivity contribution in [1.82, 2.24) is 5.32 Å². The second-order valence-electron chi connectivity index (χ2n) is 1.46. The summed E-state index contributed by atoms with van der Waals surface area (Å²) in [4.78, 5) is 0. The summed E-state index contributed by atoms with van der Waals surface area (Å²) >= 11 is 0. The summed E-state index contributed by atoms with van der Waals surface area (Å²) in [6.07, 6.45) is 3.89. The van der Waals surface area contributed by atoms with Crippen LogP contribution in [0.1, 0.15) is 6.92 Å². The topological polar surface area (TPSA) is 12.0 Å². The predicted molar refractivity (Wildman–Crippen MR) is 33.7 cm³/mol. The second-order valence-corrected chi connectivity index (χ2v) is 1.46. The van der Waals surface area contributed by atoms with E-state index in [0.717, 1.165) is 6.54 Å². The Labute approximate surface area is 49.6 Å². The Balaban J connectivity index is 2.72. The summed E-state index contributed by atoms with van der Waals surface area (Å²) < 4.78 is 11.3. The maximum atomic E-state index is 11.3. The van der Waals surface area contributed by atoms with Gasteiger partial charge in [0.1, 0.15) is 6.67 Å². The van der Waals surface area contributed by atoms with Gasteiger partial charge in [0, 0.05) is 13.1 Å². The lowest BCUT2D eigenvalue weighted by atomic mass is 10.5. The minimum absolute atomic E-state index is 0.280. The van der Waals surface area contributed by atoms with E-state index in [1.165, 1.54) is 0 Å². The highest BCUT2D eigenvalue weighted by atomic mass is 19.1. The van der Waals surface area contributed by atoms with E-state index >= 15 is 0 Å². The molecule has 2 heteroatoms. The molecule has 0 aliphatic carbocycles. The minimum atomic E-state index is -0.280. The Bertz CT molecular complexity index is 61.5. The summed E-state index contributed by atoms with van der Waals surface area (Å²) in [5.41, 5.74) is 0. The zero-order valence-electron chi connectivity index (χ0n) is 5.15. The van der Waals surface area contributed by atoms with Crippen LogP contribution in [0.4, 0.5) is 4.39 Å². The summed E-state index contributed by atoms with van der Waals surface area (Å²) in [5.74, 6) is 0. The fraction of sp³-hybridized carbons (Fsp3) is 0.667. The van der Waals surface area contributed by atoms with Crippen LogP contribution in [-0.4, -0.2) is 19.8 Å². The average molecular weight is 117 g/mol. The van der Waals surface area contributed by atoms with Crippen LogP contribution in [0.3, 0.4) is 0 Å². The zero-order chi connectivity index (χ0) is 6.24. The van der Waals surface area contributed by atoms with Crippen molar-refractivity contribution in [2.75, 3.05) is 19.8 Å². The lowest BCUT2D eigenvalue weighted by Crippen LogP contribution is -2.15. The van der Waals surface area contributed by atoms with Gasteiger partial charge < -0.3 is 5.32 Å². The normalized spacial score (nSPS) is 10.8. The van der Waals surface area contributed by atoms with Crippen LogP contribution in [0.25, 0.3) is 0 Å². The molecular formula is C6H12FN. The molecule has 0 aromatic rings. The van der Waals surface area contributed by atoms with Gasteiger partial charge in [0.25, 0.3) is 0 Å². The highest BCUT2D eigenvalue weighted by Gasteiger charge is 1.77. The van der Waals surface area contributed by atoms with Crippen LogP contribution in [-0.2, 0) is 0 Å². The lowest BCUT2D eigenvalue weighted by Gasteiger charge is -1.92. The lowest BCUT2D eigenvalue weighted by molar-refractivity contribution is 0.475. The van der Waals surface area contributed by atoms with E-state index in [2.05, 4.69) is 5.32 Å². The molecular weight excluding hydrogens is 105 g/mol. The van der Waals surface area contributed by atoms with Crippen molar-refractivity contribution in [1.29, 1.82) is 0 Å². The van der Waals surface area contributed by atoms with Crippen molar-refractivity contribution in [2.45, 2.75) is 6.92 Å². The van der Waals surface area contributed by atoms with E-state index in [4.69, 9.17) is 0 Å². The van der Waals surface area contributed by atoms with Gasteiger partial charge in [0.2, 0.25) is 0 Å². The third-order valence-corrected chi connectivity index (χ3v) is 0.769. The summed E-state index contributed by atoms with van der Waals surface area (Å²) in [6, 6.07) is 0. The fourth-order valence-electron chi connectivity index (χ4n) is 0.370. The van der Waals surface area contributed by atoms with Crippen molar-refractivity contribution in [2.24, 2.45) is 0 Å². The van der Waals surface area contributed by atoms with Gasteiger partial charge in [-0.2, -0.15) is 0 Å². The molecule has 0 aliphatic heterocycles. The quantitative estimate of drug-likeness (QED) is 0.430. The van der Waals surface area contributed by atoms with Crippen molar-refractivity contribution >= 4 is 0 Å². The number of rotatable bonds is 4. The largest absolute Gasteiger partial charge is 0.311 e. The molecule has 0 bridgehead atoms. The van der Waals surface area contributed by atoms with Gasteiger partial charge in [-0.15, -0.1) is 0 Å². The van der Waals surface area contributed by atoms with Crippen LogP contribution >= 0.6 is 0 Å². The molecule has 0 radical (unpaired) electrons. The van der Waals surface area contributed by atoms with Crippen LogP contribution < -0.4 is 5.32 Å². The van der Waals surface area contributed by atoms with E-state index in [1.807, 2.05) is 19.1 Å². The molecule has 1 N–H and O–H groups in total. The third-order valence-electron chi connectivity index (χ3n) is 0.769. The summed E-state index contributed by atoms with van der Waals surface area (Å²) in [6.45, 7) is 2.90. The Morgan fingerprint density at radius 1 is 1.62 bits per heavy atom. The first-order valence-electron chi connectivity index (χ1n) is 2.79. The van der Waals surface area contributed by atoms with Crippen molar-refractivity contribution < 1.29 is 4.39 Å². The summed E-state index contributed by atoms with van der Waals surface area (Å²) in [5, 5.41) is 2.87. The Kier molecular flexibility index (Phi) is 6.32. The maximum Gasteiger partial charge on any atom is 0.102 e. The number of nitrogens with one attached hydrogen (secondary N) is 1. The van der Waals surface area contributed by atoms with E-state index < -0.39 is 0 Å². The first kappa shape index (κ1) is 7.63. The molecule has 1 nitrogen and oxygen atoms in total. The standard InChI is InChI=1S/C6H12FN/c1-2-3-5-8-6-4-7/h2-3,8H,4-6H2,1H3/b3-2+. The van der Waals surface area contributed by atoms with Crippen LogP contribution in [0.2, 0.25) is 0 Å². The molecule has 0 aromatic carbocycles. The molecule has 0 fully saturated rings. The first-order chi connectivity index (χ1) is 3.91. The third kappa shape index (κ3) is 5.63. The molecule has 0 spiro atoms. The number of halogens is 1. The molecule has 0 atom stereocenters. The number of allylic oxidation sites excluding steroid dienone is 1. The van der Waals surface area contributed by atoms with Gasteiger partial charge in [0.05, 0.1) is 0 Å². The predicted octanol–water partition coefficient (Wildman–Crippen LogP) is 1.12. The Morgan fingerprint density at radius 2 is 2.38 bits per heavy atom. The van der Waals surface area contributed by atoms with E-state index in [1.54, 1.807) is 0 Å². The number of hydrogen-bond acceptors (Lipinski definition) is 1. The molecule has 48 valence electrons. The zero-order valence-corrected chi connectivity index (χ0v) is 5.15. The van der Waals surface area contributed by atoms with Gasteiger partial charge in [-0.3, -0.25) is 0 Å². The van der Waals surface area contributed by atoms with Gasteiger partial charge >= 0.3 is 0 Å². The van der Waals surface area contributed by atoms with Gasteiger partial charge in [-0.1, -0.05) is 12.2 Å².